The molecule has 0 fully saturated rings. The molecule has 1 aliphatic heterocycles. The van der Waals surface area contributed by atoms with Gasteiger partial charge in [0.15, 0.2) is 0 Å². The molecule has 1 N–H and O–H groups in total. The summed E-state index contributed by atoms with van der Waals surface area (Å²) < 4.78 is 5.84. The number of carboxylic acids is 1. The molecular formula is C20H20N2O4. The zero-order valence-electron chi connectivity index (χ0n) is 14.4. The summed E-state index contributed by atoms with van der Waals surface area (Å²) >= 11 is 0. The first-order valence-corrected chi connectivity index (χ1v) is 8.39. The molecule has 6 heteroatoms. The minimum absolute atomic E-state index is 0.143. The number of hydrogen-bond acceptors (Lipinski definition) is 4. The van der Waals surface area contributed by atoms with Gasteiger partial charge in [0.1, 0.15) is 18.4 Å². The van der Waals surface area contributed by atoms with Crippen molar-refractivity contribution in [3.8, 4) is 0 Å². The molecule has 3 rings (SSSR count). The smallest absolute Gasteiger partial charge is 0.323 e. The van der Waals surface area contributed by atoms with Crippen molar-refractivity contribution in [2.45, 2.75) is 19.6 Å². The summed E-state index contributed by atoms with van der Waals surface area (Å²) in [6.45, 7) is 1.57. The number of pyridine rings is 1. The quantitative estimate of drug-likeness (QED) is 0.864. The van der Waals surface area contributed by atoms with E-state index in [4.69, 9.17) is 4.74 Å². The van der Waals surface area contributed by atoms with E-state index in [0.29, 0.717) is 11.5 Å². The number of aliphatic carboxylic acids is 1. The maximum Gasteiger partial charge on any atom is 0.323 e. The number of amides is 1. The second-order valence-corrected chi connectivity index (χ2v) is 6.15. The summed E-state index contributed by atoms with van der Waals surface area (Å²) in [5, 5.41) is 9.19. The number of rotatable bonds is 6. The Labute approximate surface area is 151 Å². The molecule has 1 aromatic carbocycles. The van der Waals surface area contributed by atoms with Crippen LogP contribution in [0.15, 0.2) is 60.8 Å². The highest BCUT2D eigenvalue weighted by Gasteiger charge is 2.35. The molecule has 2 unspecified atom stereocenters. The number of carbonyl (C=O) groups is 2. The van der Waals surface area contributed by atoms with E-state index in [1.54, 1.807) is 30.5 Å². The Balaban J connectivity index is 1.81. The van der Waals surface area contributed by atoms with Gasteiger partial charge in [-0.25, -0.2) is 0 Å². The summed E-state index contributed by atoms with van der Waals surface area (Å²) in [6.07, 6.45) is 3.03. The van der Waals surface area contributed by atoms with Gasteiger partial charge in [0.2, 0.25) is 5.91 Å². The normalized spacial score (nSPS) is 18.7. The molecule has 2 atom stereocenters. The van der Waals surface area contributed by atoms with Crippen LogP contribution < -0.4 is 0 Å². The van der Waals surface area contributed by atoms with Crippen molar-refractivity contribution in [2.24, 2.45) is 5.92 Å². The number of benzene rings is 1. The molecule has 0 saturated carbocycles. The SMILES string of the molecule is CC1OC(c2ccccc2)=CC1C(=O)N(CC(=O)O)Cc1ccccn1. The summed E-state index contributed by atoms with van der Waals surface area (Å²) in [4.78, 5) is 29.7. The molecule has 0 spiro atoms. The molecule has 1 amide bonds. The van der Waals surface area contributed by atoms with Gasteiger partial charge in [-0.05, 0) is 25.1 Å². The number of carbonyl (C=O) groups excluding carboxylic acids is 1. The van der Waals surface area contributed by atoms with Crippen molar-refractivity contribution >= 4 is 17.6 Å². The molecule has 1 aliphatic rings. The van der Waals surface area contributed by atoms with E-state index in [1.807, 2.05) is 37.3 Å². The number of hydrogen-bond donors (Lipinski definition) is 1. The van der Waals surface area contributed by atoms with Gasteiger partial charge in [0.25, 0.3) is 0 Å². The third-order valence-corrected chi connectivity index (χ3v) is 4.21. The molecule has 2 aromatic rings. The average Bonchev–Trinajstić information content (AvgIpc) is 3.03. The predicted molar refractivity (Wildman–Crippen MR) is 95.7 cm³/mol. The van der Waals surface area contributed by atoms with Crippen LogP contribution in [0.1, 0.15) is 18.2 Å². The first kappa shape index (κ1) is 17.7. The Morgan fingerprint density at radius 1 is 1.15 bits per heavy atom. The Hall–Kier alpha value is -3.15. The number of aromatic nitrogens is 1. The standard InChI is InChI=1S/C20H20N2O4/c1-14-17(11-18(26-14)15-7-3-2-4-8-15)20(25)22(13-19(23)24)12-16-9-5-6-10-21-16/h2-11,14,17H,12-13H2,1H3,(H,23,24). The van der Waals surface area contributed by atoms with Crippen molar-refractivity contribution in [1.82, 2.24) is 9.88 Å². The van der Waals surface area contributed by atoms with Gasteiger partial charge in [0, 0.05) is 11.8 Å². The topological polar surface area (TPSA) is 79.7 Å². The van der Waals surface area contributed by atoms with Crippen molar-refractivity contribution in [3.63, 3.8) is 0 Å². The van der Waals surface area contributed by atoms with Gasteiger partial charge < -0.3 is 14.7 Å². The molecule has 2 heterocycles. The van der Waals surface area contributed by atoms with Crippen LogP contribution in [-0.4, -0.2) is 39.5 Å². The Morgan fingerprint density at radius 2 is 1.88 bits per heavy atom. The Morgan fingerprint density at radius 3 is 2.54 bits per heavy atom. The Kier molecular flexibility index (Phi) is 5.31. The van der Waals surface area contributed by atoms with Crippen molar-refractivity contribution in [2.75, 3.05) is 6.54 Å². The van der Waals surface area contributed by atoms with Crippen molar-refractivity contribution < 1.29 is 19.4 Å². The molecule has 0 radical (unpaired) electrons. The van der Waals surface area contributed by atoms with E-state index in [9.17, 15) is 14.7 Å². The van der Waals surface area contributed by atoms with Gasteiger partial charge in [-0.1, -0.05) is 36.4 Å². The Bertz CT molecular complexity index is 805. The summed E-state index contributed by atoms with van der Waals surface area (Å²) in [6, 6.07) is 14.9. The molecule has 26 heavy (non-hydrogen) atoms. The lowest BCUT2D eigenvalue weighted by atomic mass is 10.0. The maximum atomic E-state index is 13.0. The van der Waals surface area contributed by atoms with Crippen LogP contribution >= 0.6 is 0 Å². The second-order valence-electron chi connectivity index (χ2n) is 6.15. The highest BCUT2D eigenvalue weighted by Crippen LogP contribution is 2.31. The molecule has 134 valence electrons. The van der Waals surface area contributed by atoms with Crippen LogP contribution in [0.5, 0.6) is 0 Å². The average molecular weight is 352 g/mol. The fourth-order valence-electron chi connectivity index (χ4n) is 2.92. The molecule has 6 nitrogen and oxygen atoms in total. The minimum Gasteiger partial charge on any atom is -0.489 e. The predicted octanol–water partition coefficient (Wildman–Crippen LogP) is 2.57. The van der Waals surface area contributed by atoms with Crippen molar-refractivity contribution in [1.29, 1.82) is 0 Å². The first-order valence-electron chi connectivity index (χ1n) is 8.39. The van der Waals surface area contributed by atoms with Crippen LogP contribution in [0.4, 0.5) is 0 Å². The number of carboxylic acid groups (broad SMARTS) is 1. The highest BCUT2D eigenvalue weighted by molar-refractivity contribution is 5.87. The van der Waals surface area contributed by atoms with Crippen LogP contribution in [-0.2, 0) is 20.9 Å². The lowest BCUT2D eigenvalue weighted by Gasteiger charge is -2.24. The molecule has 0 aliphatic carbocycles. The second kappa shape index (κ2) is 7.82. The van der Waals surface area contributed by atoms with Crippen LogP contribution in [0.3, 0.4) is 0 Å². The summed E-state index contributed by atoms with van der Waals surface area (Å²) in [5.74, 6) is -1.23. The maximum absolute atomic E-state index is 13.0. The third-order valence-electron chi connectivity index (χ3n) is 4.21. The van der Waals surface area contributed by atoms with Gasteiger partial charge in [-0.15, -0.1) is 0 Å². The number of nitrogens with zero attached hydrogens (tertiary/aromatic N) is 2. The largest absolute Gasteiger partial charge is 0.489 e. The third kappa shape index (κ3) is 4.08. The van der Waals surface area contributed by atoms with E-state index in [-0.39, 0.29) is 25.1 Å². The van der Waals surface area contributed by atoms with Crippen LogP contribution in [0, 0.1) is 5.92 Å². The molecule has 1 aromatic heterocycles. The van der Waals surface area contributed by atoms with E-state index in [1.165, 1.54) is 4.90 Å². The lowest BCUT2D eigenvalue weighted by molar-refractivity contribution is -0.147. The van der Waals surface area contributed by atoms with Gasteiger partial charge in [0.05, 0.1) is 18.2 Å². The monoisotopic (exact) mass is 352 g/mol. The highest BCUT2D eigenvalue weighted by atomic mass is 16.5. The first-order chi connectivity index (χ1) is 12.5. The zero-order chi connectivity index (χ0) is 18.5. The summed E-state index contributed by atoms with van der Waals surface area (Å²) in [5.41, 5.74) is 1.53. The van der Waals surface area contributed by atoms with Crippen LogP contribution in [0.25, 0.3) is 5.76 Å². The molecule has 0 bridgehead atoms. The minimum atomic E-state index is -1.06. The van der Waals surface area contributed by atoms with E-state index in [0.717, 1.165) is 5.56 Å². The fraction of sp³-hybridized carbons (Fsp3) is 0.250. The van der Waals surface area contributed by atoms with E-state index < -0.39 is 11.9 Å². The van der Waals surface area contributed by atoms with Crippen molar-refractivity contribution in [3.05, 3.63) is 72.1 Å². The fourth-order valence-corrected chi connectivity index (χ4v) is 2.92. The van der Waals surface area contributed by atoms with E-state index >= 15 is 0 Å². The molecule has 0 saturated heterocycles. The zero-order valence-corrected chi connectivity index (χ0v) is 14.4. The van der Waals surface area contributed by atoms with Gasteiger partial charge in [-0.2, -0.15) is 0 Å². The lowest BCUT2D eigenvalue weighted by Crippen LogP contribution is -2.41. The van der Waals surface area contributed by atoms with Crippen LogP contribution in [0.2, 0.25) is 0 Å². The van der Waals surface area contributed by atoms with Gasteiger partial charge in [-0.3, -0.25) is 14.6 Å². The summed E-state index contributed by atoms with van der Waals surface area (Å²) in [7, 11) is 0. The number of ether oxygens (including phenoxy) is 1. The van der Waals surface area contributed by atoms with Gasteiger partial charge >= 0.3 is 5.97 Å². The van der Waals surface area contributed by atoms with E-state index in [2.05, 4.69) is 4.98 Å². The molecular weight excluding hydrogens is 332 g/mol.